The molecule has 0 aliphatic carbocycles. The van der Waals surface area contributed by atoms with Gasteiger partial charge in [-0.15, -0.1) is 0 Å². The minimum atomic E-state index is 1.09. The number of allylic oxidation sites excluding steroid dienone is 4. The van der Waals surface area contributed by atoms with Crippen LogP contribution in [-0.4, -0.2) is 0 Å². The summed E-state index contributed by atoms with van der Waals surface area (Å²) in [5, 5.41) is 2.43. The molecular formula is C16H13Br. The third-order valence-electron chi connectivity index (χ3n) is 2.70. The molecule has 1 heteroatoms. The molecule has 84 valence electrons. The Hall–Kier alpha value is -1.60. The van der Waals surface area contributed by atoms with Crippen LogP contribution in [0.25, 0.3) is 16.3 Å². The molecule has 2 rings (SSSR count). The first-order valence-corrected chi connectivity index (χ1v) is 6.20. The van der Waals surface area contributed by atoms with Gasteiger partial charge in [-0.05, 0) is 28.0 Å². The van der Waals surface area contributed by atoms with Crippen LogP contribution < -0.4 is 0 Å². The van der Waals surface area contributed by atoms with E-state index in [0.29, 0.717) is 0 Å². The highest BCUT2D eigenvalue weighted by molar-refractivity contribution is 9.10. The second kappa shape index (κ2) is 5.15. The standard InChI is InChI=1S/C16H13Br/c1-3-7-12(4-2)13-10-11-16(17)15-9-6-5-8-14(13)15/h3-11H,1-2H2/b12-7+. The second-order valence-electron chi connectivity index (χ2n) is 3.70. The lowest BCUT2D eigenvalue weighted by Crippen LogP contribution is -1.85. The van der Waals surface area contributed by atoms with E-state index in [1.54, 1.807) is 6.08 Å². The van der Waals surface area contributed by atoms with Crippen LogP contribution in [0.3, 0.4) is 0 Å². The van der Waals surface area contributed by atoms with Crippen molar-refractivity contribution in [3.8, 4) is 0 Å². The van der Waals surface area contributed by atoms with Crippen LogP contribution in [0.15, 0.2) is 72.3 Å². The normalized spacial score (nSPS) is 11.5. The SMILES string of the molecule is C=C/C=C(\C=C)c1ccc(Br)c2ccccc12. The first kappa shape index (κ1) is 11.9. The van der Waals surface area contributed by atoms with Gasteiger partial charge in [-0.3, -0.25) is 0 Å². The maximum Gasteiger partial charge on any atom is 0.0254 e. The summed E-state index contributed by atoms with van der Waals surface area (Å²) in [6.45, 7) is 7.60. The molecule has 0 unspecified atom stereocenters. The second-order valence-corrected chi connectivity index (χ2v) is 4.56. The third kappa shape index (κ3) is 2.25. The molecule has 0 saturated heterocycles. The Morgan fingerprint density at radius 1 is 1.00 bits per heavy atom. The molecule has 0 fully saturated rings. The molecule has 0 spiro atoms. The summed E-state index contributed by atoms with van der Waals surface area (Å²) >= 11 is 3.58. The number of halogens is 1. The van der Waals surface area contributed by atoms with Gasteiger partial charge in [0.25, 0.3) is 0 Å². The number of hydrogen-bond donors (Lipinski definition) is 0. The predicted octanol–water partition coefficient (Wildman–Crippen LogP) is 5.36. The molecule has 0 amide bonds. The van der Waals surface area contributed by atoms with Crippen molar-refractivity contribution in [2.24, 2.45) is 0 Å². The molecule has 0 aliphatic heterocycles. The summed E-state index contributed by atoms with van der Waals surface area (Å²) in [7, 11) is 0. The topological polar surface area (TPSA) is 0 Å². The van der Waals surface area contributed by atoms with Crippen LogP contribution in [0.5, 0.6) is 0 Å². The Kier molecular flexibility index (Phi) is 3.60. The first-order chi connectivity index (χ1) is 8.27. The Morgan fingerprint density at radius 3 is 2.35 bits per heavy atom. The van der Waals surface area contributed by atoms with Crippen molar-refractivity contribution >= 4 is 32.3 Å². The lowest BCUT2D eigenvalue weighted by atomic mass is 9.98. The van der Waals surface area contributed by atoms with Crippen molar-refractivity contribution in [3.63, 3.8) is 0 Å². The van der Waals surface area contributed by atoms with Crippen LogP contribution in [0.4, 0.5) is 0 Å². The molecule has 0 N–H and O–H groups in total. The van der Waals surface area contributed by atoms with Gasteiger partial charge in [0.15, 0.2) is 0 Å². The summed E-state index contributed by atoms with van der Waals surface area (Å²) in [6, 6.07) is 12.5. The molecule has 0 aliphatic rings. The number of fused-ring (bicyclic) bond motifs is 1. The Bertz CT molecular complexity index is 606. The highest BCUT2D eigenvalue weighted by Gasteiger charge is 2.05. The fraction of sp³-hybridized carbons (Fsp3) is 0. The lowest BCUT2D eigenvalue weighted by Gasteiger charge is -2.08. The van der Waals surface area contributed by atoms with Gasteiger partial charge in [0, 0.05) is 4.47 Å². The maximum atomic E-state index is 3.86. The fourth-order valence-corrected chi connectivity index (χ4v) is 2.39. The maximum absolute atomic E-state index is 3.86. The van der Waals surface area contributed by atoms with Crippen molar-refractivity contribution < 1.29 is 0 Å². The van der Waals surface area contributed by atoms with Crippen molar-refractivity contribution in [2.45, 2.75) is 0 Å². The summed E-state index contributed by atoms with van der Waals surface area (Å²) in [4.78, 5) is 0. The van der Waals surface area contributed by atoms with E-state index in [9.17, 15) is 0 Å². The Morgan fingerprint density at radius 2 is 1.71 bits per heavy atom. The van der Waals surface area contributed by atoms with Crippen molar-refractivity contribution in [3.05, 3.63) is 77.8 Å². The molecule has 0 bridgehead atoms. The Balaban J connectivity index is 2.79. The van der Waals surface area contributed by atoms with Gasteiger partial charge in [0.05, 0.1) is 0 Å². The third-order valence-corrected chi connectivity index (χ3v) is 3.39. The lowest BCUT2D eigenvalue weighted by molar-refractivity contribution is 1.65. The zero-order chi connectivity index (χ0) is 12.3. The van der Waals surface area contributed by atoms with Crippen molar-refractivity contribution in [1.82, 2.24) is 0 Å². The summed E-state index contributed by atoms with van der Waals surface area (Å²) in [5.41, 5.74) is 2.27. The highest BCUT2D eigenvalue weighted by atomic mass is 79.9. The van der Waals surface area contributed by atoms with Gasteiger partial charge in [-0.25, -0.2) is 0 Å². The molecular weight excluding hydrogens is 272 g/mol. The monoisotopic (exact) mass is 284 g/mol. The number of benzene rings is 2. The van der Waals surface area contributed by atoms with E-state index in [2.05, 4.69) is 53.4 Å². The molecule has 0 saturated carbocycles. The van der Waals surface area contributed by atoms with Gasteiger partial charge in [-0.2, -0.15) is 0 Å². The van der Waals surface area contributed by atoms with Crippen LogP contribution >= 0.6 is 15.9 Å². The minimum absolute atomic E-state index is 1.09. The average Bonchev–Trinajstić information content (AvgIpc) is 2.37. The van der Waals surface area contributed by atoms with Gasteiger partial charge < -0.3 is 0 Å². The van der Waals surface area contributed by atoms with Crippen LogP contribution in [-0.2, 0) is 0 Å². The molecule has 0 radical (unpaired) electrons. The van der Waals surface area contributed by atoms with Gasteiger partial charge in [0.2, 0.25) is 0 Å². The largest absolute Gasteiger partial charge is 0.0990 e. The van der Waals surface area contributed by atoms with E-state index in [1.807, 2.05) is 24.3 Å². The van der Waals surface area contributed by atoms with E-state index in [-0.39, 0.29) is 0 Å². The van der Waals surface area contributed by atoms with E-state index in [4.69, 9.17) is 0 Å². The van der Waals surface area contributed by atoms with Crippen LogP contribution in [0, 0.1) is 0 Å². The Labute approximate surface area is 110 Å². The molecule has 0 atom stereocenters. The van der Waals surface area contributed by atoms with Crippen molar-refractivity contribution in [1.29, 1.82) is 0 Å². The smallest absolute Gasteiger partial charge is 0.0254 e. The molecule has 2 aromatic rings. The number of hydrogen-bond acceptors (Lipinski definition) is 0. The van der Waals surface area contributed by atoms with Gasteiger partial charge in [0.1, 0.15) is 0 Å². The summed E-state index contributed by atoms with van der Waals surface area (Å²) in [6.07, 6.45) is 5.62. The van der Waals surface area contributed by atoms with E-state index >= 15 is 0 Å². The van der Waals surface area contributed by atoms with E-state index in [0.717, 1.165) is 10.0 Å². The molecule has 0 heterocycles. The predicted molar refractivity (Wildman–Crippen MR) is 80.0 cm³/mol. The highest BCUT2D eigenvalue weighted by Crippen LogP contribution is 2.31. The van der Waals surface area contributed by atoms with E-state index in [1.165, 1.54) is 16.3 Å². The first-order valence-electron chi connectivity index (χ1n) is 5.40. The zero-order valence-corrected chi connectivity index (χ0v) is 11.1. The van der Waals surface area contributed by atoms with Crippen LogP contribution in [0.1, 0.15) is 5.56 Å². The quantitative estimate of drug-likeness (QED) is 0.666. The fourth-order valence-electron chi connectivity index (χ4n) is 1.91. The molecule has 0 aromatic heterocycles. The summed E-state index contributed by atoms with van der Waals surface area (Å²) < 4.78 is 1.11. The molecule has 17 heavy (non-hydrogen) atoms. The number of rotatable bonds is 3. The minimum Gasteiger partial charge on any atom is -0.0990 e. The average molecular weight is 285 g/mol. The molecule has 0 nitrogen and oxygen atoms in total. The van der Waals surface area contributed by atoms with E-state index < -0.39 is 0 Å². The van der Waals surface area contributed by atoms with Gasteiger partial charge in [-0.1, -0.05) is 77.6 Å². The van der Waals surface area contributed by atoms with Gasteiger partial charge >= 0.3 is 0 Å². The summed E-state index contributed by atoms with van der Waals surface area (Å²) in [5.74, 6) is 0. The zero-order valence-electron chi connectivity index (χ0n) is 9.49. The van der Waals surface area contributed by atoms with Crippen molar-refractivity contribution in [2.75, 3.05) is 0 Å². The molecule has 2 aromatic carbocycles. The van der Waals surface area contributed by atoms with Crippen LogP contribution in [0.2, 0.25) is 0 Å².